The number of imidazole rings is 1. The third-order valence-corrected chi connectivity index (χ3v) is 8.69. The summed E-state index contributed by atoms with van der Waals surface area (Å²) >= 11 is 0. The summed E-state index contributed by atoms with van der Waals surface area (Å²) in [4.78, 5) is 4.22. The van der Waals surface area contributed by atoms with Crippen molar-refractivity contribution in [1.82, 2.24) is 9.55 Å². The van der Waals surface area contributed by atoms with Crippen molar-refractivity contribution in [2.24, 2.45) is 0 Å². The summed E-state index contributed by atoms with van der Waals surface area (Å²) in [6.07, 6.45) is 6.94. The van der Waals surface area contributed by atoms with Gasteiger partial charge in [0.05, 0.1) is 20.1 Å². The fourth-order valence-electron chi connectivity index (χ4n) is 2.30. The van der Waals surface area contributed by atoms with Crippen LogP contribution >= 0.6 is 0 Å². The van der Waals surface area contributed by atoms with Crippen LogP contribution in [0.4, 0.5) is 0 Å². The molecule has 1 atom stereocenters. The molecule has 0 radical (unpaired) electrons. The van der Waals surface area contributed by atoms with Crippen LogP contribution in [0.5, 0.6) is 0 Å². The van der Waals surface area contributed by atoms with Crippen molar-refractivity contribution in [2.75, 3.05) is 13.2 Å². The summed E-state index contributed by atoms with van der Waals surface area (Å²) in [6, 6.07) is 1.21. The Bertz CT molecular complexity index is 380. The first-order chi connectivity index (χ1) is 9.49. The number of aliphatic hydroxyl groups excluding tert-OH is 1. The minimum absolute atomic E-state index is 0.146. The average molecular weight is 299 g/mol. The maximum absolute atomic E-state index is 8.85. The highest BCUT2D eigenvalue weighted by molar-refractivity contribution is 6.78. The molecule has 1 heterocycles. The van der Waals surface area contributed by atoms with Crippen molar-refractivity contribution >= 4 is 8.07 Å². The molecule has 0 bridgehead atoms. The van der Waals surface area contributed by atoms with Gasteiger partial charge in [0, 0.05) is 25.8 Å². The van der Waals surface area contributed by atoms with E-state index in [-0.39, 0.29) is 6.61 Å². The predicted molar refractivity (Wildman–Crippen MR) is 85.6 cm³/mol. The lowest BCUT2D eigenvalue weighted by atomic mass is 10.3. The smallest absolute Gasteiger partial charge is 0.123 e. The van der Waals surface area contributed by atoms with E-state index >= 15 is 0 Å². The van der Waals surface area contributed by atoms with Gasteiger partial charge >= 0.3 is 0 Å². The van der Waals surface area contributed by atoms with Gasteiger partial charge < -0.3 is 14.4 Å². The Kier molecular flexibility index (Phi) is 7.48. The SMILES string of the molecule is CCCC(C)[Si](C)(C)CCOCn1cnc(CCO)c1. The maximum atomic E-state index is 8.85. The minimum atomic E-state index is -1.16. The molecular weight excluding hydrogens is 268 g/mol. The maximum Gasteiger partial charge on any atom is 0.123 e. The van der Waals surface area contributed by atoms with Gasteiger partial charge in [-0.05, 0) is 11.6 Å². The van der Waals surface area contributed by atoms with Crippen LogP contribution < -0.4 is 0 Å². The Morgan fingerprint density at radius 2 is 2.20 bits per heavy atom. The zero-order chi connectivity index (χ0) is 15.0. The number of nitrogens with zero attached hydrogens (tertiary/aromatic N) is 2. The molecule has 1 aromatic heterocycles. The standard InChI is InChI=1S/C15H30N2O2Si/c1-5-6-14(2)20(3,4)10-9-19-13-17-11-15(7-8-18)16-12-17/h11-12,14,18H,5-10,13H2,1-4H3. The van der Waals surface area contributed by atoms with Gasteiger partial charge in [-0.3, -0.25) is 0 Å². The second kappa shape index (κ2) is 8.59. The van der Waals surface area contributed by atoms with Crippen LogP contribution in [0.1, 0.15) is 32.4 Å². The number of hydrogen-bond acceptors (Lipinski definition) is 3. The lowest BCUT2D eigenvalue weighted by molar-refractivity contribution is 0.0868. The van der Waals surface area contributed by atoms with E-state index in [0.717, 1.165) is 17.8 Å². The van der Waals surface area contributed by atoms with Crippen LogP contribution in [-0.4, -0.2) is 35.9 Å². The highest BCUT2D eigenvalue weighted by Gasteiger charge is 2.26. The zero-order valence-corrected chi connectivity index (χ0v) is 14.4. The second-order valence-corrected chi connectivity index (χ2v) is 11.8. The number of aliphatic hydroxyl groups is 1. The molecule has 1 unspecified atom stereocenters. The highest BCUT2D eigenvalue weighted by Crippen LogP contribution is 2.29. The van der Waals surface area contributed by atoms with Crippen molar-refractivity contribution < 1.29 is 9.84 Å². The third-order valence-electron chi connectivity index (χ3n) is 4.24. The van der Waals surface area contributed by atoms with Gasteiger partial charge in [0.15, 0.2) is 0 Å². The molecule has 5 heteroatoms. The molecule has 0 saturated carbocycles. The van der Waals surface area contributed by atoms with E-state index in [4.69, 9.17) is 9.84 Å². The molecule has 0 saturated heterocycles. The number of aromatic nitrogens is 2. The monoisotopic (exact) mass is 298 g/mol. The molecule has 4 nitrogen and oxygen atoms in total. The fourth-order valence-corrected chi connectivity index (χ4v) is 4.53. The van der Waals surface area contributed by atoms with Crippen molar-refractivity contribution in [2.45, 2.75) is 64.5 Å². The van der Waals surface area contributed by atoms with Crippen molar-refractivity contribution in [3.05, 3.63) is 18.2 Å². The van der Waals surface area contributed by atoms with E-state index in [1.165, 1.54) is 18.9 Å². The van der Waals surface area contributed by atoms with Crippen molar-refractivity contribution in [3.63, 3.8) is 0 Å². The molecule has 0 spiro atoms. The first-order valence-corrected chi connectivity index (χ1v) is 11.0. The van der Waals surface area contributed by atoms with E-state index in [9.17, 15) is 0 Å². The Hall–Kier alpha value is -0.653. The topological polar surface area (TPSA) is 47.3 Å². The fraction of sp³-hybridized carbons (Fsp3) is 0.800. The van der Waals surface area contributed by atoms with E-state index in [0.29, 0.717) is 13.2 Å². The number of hydrogen-bond donors (Lipinski definition) is 1. The van der Waals surface area contributed by atoms with E-state index in [2.05, 4.69) is 31.9 Å². The molecule has 1 N–H and O–H groups in total. The van der Waals surface area contributed by atoms with Crippen LogP contribution in [0.2, 0.25) is 24.7 Å². The van der Waals surface area contributed by atoms with Gasteiger partial charge in [-0.15, -0.1) is 0 Å². The van der Waals surface area contributed by atoms with Crippen LogP contribution in [0.3, 0.4) is 0 Å². The molecule has 1 aromatic rings. The molecule has 0 aliphatic rings. The highest BCUT2D eigenvalue weighted by atomic mass is 28.3. The predicted octanol–water partition coefficient (Wildman–Crippen LogP) is 3.29. The number of rotatable bonds is 10. The molecule has 1 rings (SSSR count). The lowest BCUT2D eigenvalue weighted by Crippen LogP contribution is -2.32. The zero-order valence-electron chi connectivity index (χ0n) is 13.4. The summed E-state index contributed by atoms with van der Waals surface area (Å²) in [5, 5.41) is 8.85. The second-order valence-electron chi connectivity index (χ2n) is 6.32. The molecular formula is C15H30N2O2Si. The van der Waals surface area contributed by atoms with Crippen molar-refractivity contribution in [3.8, 4) is 0 Å². The lowest BCUT2D eigenvalue weighted by Gasteiger charge is -2.29. The van der Waals surface area contributed by atoms with Crippen LogP contribution in [0, 0.1) is 0 Å². The van der Waals surface area contributed by atoms with Gasteiger partial charge in [-0.1, -0.05) is 39.8 Å². The molecule has 0 amide bonds. The van der Waals surface area contributed by atoms with Gasteiger partial charge in [-0.25, -0.2) is 4.98 Å². The summed E-state index contributed by atoms with van der Waals surface area (Å²) in [5.41, 5.74) is 1.78. The van der Waals surface area contributed by atoms with Crippen LogP contribution in [0.25, 0.3) is 0 Å². The minimum Gasteiger partial charge on any atom is -0.396 e. The van der Waals surface area contributed by atoms with E-state index in [1.807, 2.05) is 10.8 Å². The summed E-state index contributed by atoms with van der Waals surface area (Å²) < 4.78 is 7.71. The largest absolute Gasteiger partial charge is 0.396 e. The molecule has 20 heavy (non-hydrogen) atoms. The van der Waals surface area contributed by atoms with Gasteiger partial charge in [0.25, 0.3) is 0 Å². The number of ether oxygens (including phenoxy) is 1. The molecule has 0 aromatic carbocycles. The summed E-state index contributed by atoms with van der Waals surface area (Å²) in [7, 11) is -1.16. The molecule has 0 aliphatic carbocycles. The third kappa shape index (κ3) is 5.77. The van der Waals surface area contributed by atoms with Gasteiger partial charge in [0.2, 0.25) is 0 Å². The molecule has 0 fully saturated rings. The quantitative estimate of drug-likeness (QED) is 0.532. The van der Waals surface area contributed by atoms with Gasteiger partial charge in [-0.2, -0.15) is 0 Å². The Morgan fingerprint density at radius 1 is 1.45 bits per heavy atom. The average Bonchev–Trinajstić information content (AvgIpc) is 2.83. The van der Waals surface area contributed by atoms with Gasteiger partial charge in [0.1, 0.15) is 6.73 Å². The summed E-state index contributed by atoms with van der Waals surface area (Å²) in [6.45, 7) is 11.1. The first kappa shape index (κ1) is 17.4. The van der Waals surface area contributed by atoms with E-state index < -0.39 is 8.07 Å². The molecule has 0 aliphatic heterocycles. The van der Waals surface area contributed by atoms with Crippen molar-refractivity contribution in [1.29, 1.82) is 0 Å². The Morgan fingerprint density at radius 3 is 2.85 bits per heavy atom. The Labute approximate surface area is 124 Å². The molecule has 116 valence electrons. The normalized spacial score (nSPS) is 13.7. The van der Waals surface area contributed by atoms with Crippen LogP contribution in [-0.2, 0) is 17.9 Å². The first-order valence-electron chi connectivity index (χ1n) is 7.69. The van der Waals surface area contributed by atoms with Crippen LogP contribution in [0.15, 0.2) is 12.5 Å². The summed E-state index contributed by atoms with van der Waals surface area (Å²) in [5.74, 6) is 0. The Balaban J connectivity index is 2.26. The van der Waals surface area contributed by atoms with E-state index in [1.54, 1.807) is 6.33 Å².